The van der Waals surface area contributed by atoms with Crippen LogP contribution in [0.1, 0.15) is 5.56 Å². The van der Waals surface area contributed by atoms with Crippen LogP contribution >= 0.6 is 11.6 Å². The Balaban J connectivity index is 2.12. The summed E-state index contributed by atoms with van der Waals surface area (Å²) in [5, 5.41) is 21.4. The number of rotatable bonds is 4. The molecule has 0 saturated heterocycles. The van der Waals surface area contributed by atoms with Gasteiger partial charge in [0.2, 0.25) is 0 Å². The molecule has 0 bridgehead atoms. The Kier molecular flexibility index (Phi) is 4.88. The highest BCUT2D eigenvalue weighted by Gasteiger charge is 2.10. The van der Waals surface area contributed by atoms with Crippen LogP contribution in [-0.2, 0) is 4.79 Å². The molecule has 0 radical (unpaired) electrons. The SMILES string of the molecule is O=C(/C=C/c1cccc([N+](=O)[O-])c1)N(O)c1ccc(Cl)cc1. The fraction of sp³-hybridized carbons (Fsp3) is 0. The molecule has 0 spiro atoms. The highest BCUT2D eigenvalue weighted by molar-refractivity contribution is 6.30. The Morgan fingerprint density at radius 1 is 1.23 bits per heavy atom. The fourth-order valence-electron chi connectivity index (χ4n) is 1.69. The predicted octanol–water partition coefficient (Wildman–Crippen LogP) is 3.68. The van der Waals surface area contributed by atoms with Gasteiger partial charge in [-0.15, -0.1) is 0 Å². The number of nitro benzene ring substituents is 1. The summed E-state index contributed by atoms with van der Waals surface area (Å²) in [5.41, 5.74) is 0.665. The van der Waals surface area contributed by atoms with Crippen molar-refractivity contribution in [3.63, 3.8) is 0 Å². The maximum absolute atomic E-state index is 11.8. The first kappa shape index (κ1) is 15.7. The van der Waals surface area contributed by atoms with E-state index in [0.29, 0.717) is 15.6 Å². The van der Waals surface area contributed by atoms with Crippen molar-refractivity contribution in [2.45, 2.75) is 0 Å². The minimum absolute atomic E-state index is 0.0758. The lowest BCUT2D eigenvalue weighted by atomic mass is 10.2. The zero-order valence-electron chi connectivity index (χ0n) is 11.2. The van der Waals surface area contributed by atoms with Crippen LogP contribution in [0.4, 0.5) is 11.4 Å². The average molecular weight is 319 g/mol. The Hall–Kier alpha value is -2.70. The fourth-order valence-corrected chi connectivity index (χ4v) is 1.82. The summed E-state index contributed by atoms with van der Waals surface area (Å²) < 4.78 is 0. The molecule has 0 aromatic heterocycles. The quantitative estimate of drug-likeness (QED) is 0.403. The number of nitro groups is 1. The van der Waals surface area contributed by atoms with Crippen molar-refractivity contribution in [1.82, 2.24) is 0 Å². The molecule has 0 aliphatic heterocycles. The number of non-ortho nitro benzene ring substituents is 1. The zero-order chi connectivity index (χ0) is 16.1. The molecule has 0 fully saturated rings. The molecule has 2 aromatic carbocycles. The van der Waals surface area contributed by atoms with E-state index in [9.17, 15) is 20.1 Å². The lowest BCUT2D eigenvalue weighted by molar-refractivity contribution is -0.384. The van der Waals surface area contributed by atoms with Crippen molar-refractivity contribution < 1.29 is 14.9 Å². The number of amides is 1. The topological polar surface area (TPSA) is 83.7 Å². The third-order valence-corrected chi connectivity index (χ3v) is 3.03. The van der Waals surface area contributed by atoms with E-state index >= 15 is 0 Å². The second-order valence-electron chi connectivity index (χ2n) is 4.31. The molecular formula is C15H11ClN2O4. The molecule has 7 heteroatoms. The summed E-state index contributed by atoms with van der Waals surface area (Å²) in [4.78, 5) is 22.0. The van der Waals surface area contributed by atoms with Gasteiger partial charge in [-0.1, -0.05) is 23.7 Å². The van der Waals surface area contributed by atoms with E-state index in [0.717, 1.165) is 6.08 Å². The van der Waals surface area contributed by atoms with Gasteiger partial charge >= 0.3 is 0 Å². The van der Waals surface area contributed by atoms with Crippen LogP contribution in [0.5, 0.6) is 0 Å². The molecule has 22 heavy (non-hydrogen) atoms. The lowest BCUT2D eigenvalue weighted by Gasteiger charge is -2.12. The van der Waals surface area contributed by atoms with Crippen molar-refractivity contribution >= 4 is 35.0 Å². The van der Waals surface area contributed by atoms with Gasteiger partial charge in [-0.25, -0.2) is 0 Å². The number of hydrogen-bond acceptors (Lipinski definition) is 4. The smallest absolute Gasteiger partial charge is 0.274 e. The minimum atomic E-state index is -0.686. The summed E-state index contributed by atoms with van der Waals surface area (Å²) in [6.45, 7) is 0. The van der Waals surface area contributed by atoms with E-state index in [1.165, 1.54) is 48.5 Å². The van der Waals surface area contributed by atoms with Crippen LogP contribution in [0.15, 0.2) is 54.6 Å². The standard InChI is InChI=1S/C15H11ClN2O4/c16-12-5-7-13(8-6-12)17(20)15(19)9-4-11-2-1-3-14(10-11)18(21)22/h1-10,20H/b9-4+. The van der Waals surface area contributed by atoms with Crippen LogP contribution < -0.4 is 5.06 Å². The minimum Gasteiger partial charge on any atom is -0.281 e. The van der Waals surface area contributed by atoms with Crippen molar-refractivity contribution in [2.24, 2.45) is 0 Å². The van der Waals surface area contributed by atoms with Gasteiger partial charge in [-0.3, -0.25) is 20.1 Å². The first-order valence-corrected chi connectivity index (χ1v) is 6.56. The first-order chi connectivity index (χ1) is 10.5. The molecule has 0 aliphatic carbocycles. The number of halogens is 1. The van der Waals surface area contributed by atoms with E-state index in [1.54, 1.807) is 6.07 Å². The number of carbonyl (C=O) groups excluding carboxylic acids is 1. The molecule has 112 valence electrons. The van der Waals surface area contributed by atoms with Crippen LogP contribution in [0.2, 0.25) is 5.02 Å². The number of anilines is 1. The maximum Gasteiger partial charge on any atom is 0.274 e. The van der Waals surface area contributed by atoms with E-state index in [1.807, 2.05) is 0 Å². The summed E-state index contributed by atoms with van der Waals surface area (Å²) in [6.07, 6.45) is 2.50. The number of nitrogens with zero attached hydrogens (tertiary/aromatic N) is 2. The van der Waals surface area contributed by atoms with Crippen LogP contribution in [0.25, 0.3) is 6.08 Å². The van der Waals surface area contributed by atoms with E-state index in [-0.39, 0.29) is 11.4 Å². The summed E-state index contributed by atoms with van der Waals surface area (Å²) in [7, 11) is 0. The van der Waals surface area contributed by atoms with Gasteiger partial charge in [0, 0.05) is 23.2 Å². The molecule has 0 atom stereocenters. The van der Waals surface area contributed by atoms with Crippen molar-refractivity contribution in [3.8, 4) is 0 Å². The van der Waals surface area contributed by atoms with Gasteiger partial charge in [0.15, 0.2) is 0 Å². The molecule has 2 aromatic rings. The normalized spacial score (nSPS) is 10.6. The number of hydroxylamine groups is 1. The van der Waals surface area contributed by atoms with Crippen molar-refractivity contribution in [2.75, 3.05) is 5.06 Å². The first-order valence-electron chi connectivity index (χ1n) is 6.18. The Morgan fingerprint density at radius 3 is 2.55 bits per heavy atom. The molecule has 2 rings (SSSR count). The van der Waals surface area contributed by atoms with Gasteiger partial charge in [0.25, 0.3) is 11.6 Å². The van der Waals surface area contributed by atoms with Gasteiger partial charge < -0.3 is 0 Å². The molecular weight excluding hydrogens is 308 g/mol. The molecule has 1 amide bonds. The highest BCUT2D eigenvalue weighted by Crippen LogP contribution is 2.18. The molecule has 0 unspecified atom stereocenters. The van der Waals surface area contributed by atoms with E-state index < -0.39 is 10.8 Å². The molecule has 0 saturated carbocycles. The van der Waals surface area contributed by atoms with Gasteiger partial charge in [-0.05, 0) is 35.9 Å². The van der Waals surface area contributed by atoms with Crippen LogP contribution in [0, 0.1) is 10.1 Å². The van der Waals surface area contributed by atoms with Crippen molar-refractivity contribution in [3.05, 3.63) is 75.3 Å². The Bertz CT molecular complexity index is 729. The highest BCUT2D eigenvalue weighted by atomic mass is 35.5. The molecule has 6 nitrogen and oxygen atoms in total. The van der Waals surface area contributed by atoms with Crippen LogP contribution in [0.3, 0.4) is 0 Å². The third kappa shape index (κ3) is 3.91. The zero-order valence-corrected chi connectivity index (χ0v) is 12.0. The second-order valence-corrected chi connectivity index (χ2v) is 4.75. The Labute approximate surface area is 131 Å². The summed E-state index contributed by atoms with van der Waals surface area (Å²) in [6, 6.07) is 11.9. The lowest BCUT2D eigenvalue weighted by Crippen LogP contribution is -2.24. The number of hydrogen-bond donors (Lipinski definition) is 1. The van der Waals surface area contributed by atoms with E-state index in [2.05, 4.69) is 0 Å². The van der Waals surface area contributed by atoms with Gasteiger partial charge in [0.05, 0.1) is 10.6 Å². The predicted molar refractivity (Wildman–Crippen MR) is 82.9 cm³/mol. The van der Waals surface area contributed by atoms with E-state index in [4.69, 9.17) is 11.6 Å². The molecule has 0 aliphatic rings. The molecule has 0 heterocycles. The monoisotopic (exact) mass is 318 g/mol. The largest absolute Gasteiger partial charge is 0.281 e. The van der Waals surface area contributed by atoms with Crippen LogP contribution in [-0.4, -0.2) is 16.0 Å². The summed E-state index contributed by atoms with van der Waals surface area (Å²) in [5.74, 6) is -0.686. The Morgan fingerprint density at radius 2 is 1.91 bits per heavy atom. The van der Waals surface area contributed by atoms with Crippen molar-refractivity contribution in [1.29, 1.82) is 0 Å². The van der Waals surface area contributed by atoms with Gasteiger partial charge in [0.1, 0.15) is 0 Å². The molecule has 1 N–H and O–H groups in total. The maximum atomic E-state index is 11.8. The number of carbonyl (C=O) groups is 1. The average Bonchev–Trinajstić information content (AvgIpc) is 2.53. The van der Waals surface area contributed by atoms with Gasteiger partial charge in [-0.2, -0.15) is 5.06 Å². The second kappa shape index (κ2) is 6.84. The summed E-state index contributed by atoms with van der Waals surface area (Å²) >= 11 is 5.72. The number of benzene rings is 2. The third-order valence-electron chi connectivity index (χ3n) is 2.78.